The van der Waals surface area contributed by atoms with E-state index in [-0.39, 0.29) is 18.0 Å². The second-order valence-corrected chi connectivity index (χ2v) is 4.84. The SMILES string of the molecule is COC(=O)Cc1ccccc1C(=O)c1ccccc1C(C)=O. The zero-order chi connectivity index (χ0) is 16.1. The number of esters is 1. The maximum Gasteiger partial charge on any atom is 0.310 e. The van der Waals surface area contributed by atoms with Crippen LogP contribution in [0.2, 0.25) is 0 Å². The van der Waals surface area contributed by atoms with Crippen molar-refractivity contribution in [3.8, 4) is 0 Å². The Labute approximate surface area is 128 Å². The van der Waals surface area contributed by atoms with Gasteiger partial charge in [-0.05, 0) is 12.5 Å². The minimum absolute atomic E-state index is 0.0145. The van der Waals surface area contributed by atoms with Crippen LogP contribution in [0, 0.1) is 0 Å². The first-order valence-electron chi connectivity index (χ1n) is 6.84. The van der Waals surface area contributed by atoms with E-state index in [1.165, 1.54) is 14.0 Å². The number of carbonyl (C=O) groups excluding carboxylic acids is 3. The highest BCUT2D eigenvalue weighted by atomic mass is 16.5. The van der Waals surface area contributed by atoms with Crippen molar-refractivity contribution in [2.75, 3.05) is 7.11 Å². The molecular formula is C18H16O4. The molecule has 2 aromatic rings. The van der Waals surface area contributed by atoms with Crippen LogP contribution >= 0.6 is 0 Å². The highest BCUT2D eigenvalue weighted by molar-refractivity contribution is 6.16. The summed E-state index contributed by atoms with van der Waals surface area (Å²) >= 11 is 0. The van der Waals surface area contributed by atoms with Crippen LogP contribution < -0.4 is 0 Å². The molecule has 0 fully saturated rings. The first-order valence-corrected chi connectivity index (χ1v) is 6.84. The standard InChI is InChI=1S/C18H16O4/c1-12(19)14-8-5-6-10-16(14)18(21)15-9-4-3-7-13(15)11-17(20)22-2/h3-10H,11H2,1-2H3. The van der Waals surface area contributed by atoms with Gasteiger partial charge in [-0.3, -0.25) is 14.4 Å². The monoisotopic (exact) mass is 296 g/mol. The van der Waals surface area contributed by atoms with Crippen molar-refractivity contribution in [3.05, 3.63) is 70.8 Å². The van der Waals surface area contributed by atoms with Crippen LogP contribution in [-0.2, 0) is 16.0 Å². The molecule has 2 aromatic carbocycles. The maximum absolute atomic E-state index is 12.8. The van der Waals surface area contributed by atoms with Gasteiger partial charge >= 0.3 is 5.97 Å². The van der Waals surface area contributed by atoms with E-state index in [0.29, 0.717) is 22.3 Å². The molecule has 0 saturated heterocycles. The van der Waals surface area contributed by atoms with Gasteiger partial charge in [0.15, 0.2) is 11.6 Å². The minimum Gasteiger partial charge on any atom is -0.469 e. The Hall–Kier alpha value is -2.75. The maximum atomic E-state index is 12.8. The summed E-state index contributed by atoms with van der Waals surface area (Å²) in [5, 5.41) is 0. The summed E-state index contributed by atoms with van der Waals surface area (Å²) in [6, 6.07) is 13.5. The Kier molecular flexibility index (Phi) is 4.84. The van der Waals surface area contributed by atoms with Crippen molar-refractivity contribution in [1.29, 1.82) is 0 Å². The van der Waals surface area contributed by atoms with Crippen molar-refractivity contribution in [2.45, 2.75) is 13.3 Å². The van der Waals surface area contributed by atoms with Gasteiger partial charge in [0.25, 0.3) is 0 Å². The van der Waals surface area contributed by atoms with Gasteiger partial charge in [-0.15, -0.1) is 0 Å². The molecule has 0 unspecified atom stereocenters. The van der Waals surface area contributed by atoms with Crippen molar-refractivity contribution < 1.29 is 19.1 Å². The van der Waals surface area contributed by atoms with E-state index in [4.69, 9.17) is 0 Å². The lowest BCUT2D eigenvalue weighted by molar-refractivity contribution is -0.139. The molecule has 0 aromatic heterocycles. The summed E-state index contributed by atoms with van der Waals surface area (Å²) in [6.07, 6.45) is 0.0145. The van der Waals surface area contributed by atoms with E-state index in [9.17, 15) is 14.4 Å². The van der Waals surface area contributed by atoms with Gasteiger partial charge in [0.2, 0.25) is 0 Å². The van der Waals surface area contributed by atoms with Crippen LogP contribution in [0.25, 0.3) is 0 Å². The van der Waals surface area contributed by atoms with Crippen molar-refractivity contribution >= 4 is 17.5 Å². The average Bonchev–Trinajstić information content (AvgIpc) is 2.54. The van der Waals surface area contributed by atoms with Gasteiger partial charge in [0, 0.05) is 16.7 Å². The van der Waals surface area contributed by atoms with Gasteiger partial charge in [-0.2, -0.15) is 0 Å². The Bertz CT molecular complexity index is 731. The smallest absolute Gasteiger partial charge is 0.310 e. The molecule has 0 amide bonds. The predicted octanol–water partition coefficient (Wildman–Crippen LogP) is 2.84. The van der Waals surface area contributed by atoms with E-state index in [1.807, 2.05) is 0 Å². The summed E-state index contributed by atoms with van der Waals surface area (Å²) in [7, 11) is 1.30. The van der Waals surface area contributed by atoms with Gasteiger partial charge in [-0.25, -0.2) is 0 Å². The number of ether oxygens (including phenoxy) is 1. The third-order valence-corrected chi connectivity index (χ3v) is 3.38. The normalized spacial score (nSPS) is 10.1. The van der Waals surface area contributed by atoms with Crippen molar-refractivity contribution in [2.24, 2.45) is 0 Å². The Morgan fingerprint density at radius 1 is 0.864 bits per heavy atom. The number of ketones is 2. The van der Waals surface area contributed by atoms with Gasteiger partial charge in [-0.1, -0.05) is 48.5 Å². The number of rotatable bonds is 5. The third kappa shape index (κ3) is 3.28. The molecule has 22 heavy (non-hydrogen) atoms. The third-order valence-electron chi connectivity index (χ3n) is 3.38. The van der Waals surface area contributed by atoms with E-state index in [0.717, 1.165) is 0 Å². The number of carbonyl (C=O) groups is 3. The number of Topliss-reactive ketones (excluding diaryl/α,β-unsaturated/α-hetero) is 1. The van der Waals surface area contributed by atoms with E-state index >= 15 is 0 Å². The molecule has 0 aliphatic heterocycles. The quantitative estimate of drug-likeness (QED) is 0.629. The predicted molar refractivity (Wildman–Crippen MR) is 82.0 cm³/mol. The minimum atomic E-state index is -0.417. The highest BCUT2D eigenvalue weighted by Crippen LogP contribution is 2.19. The second kappa shape index (κ2) is 6.80. The van der Waals surface area contributed by atoms with Crippen LogP contribution in [0.4, 0.5) is 0 Å². The van der Waals surface area contributed by atoms with E-state index in [1.54, 1.807) is 48.5 Å². The fraction of sp³-hybridized carbons (Fsp3) is 0.167. The molecule has 112 valence electrons. The highest BCUT2D eigenvalue weighted by Gasteiger charge is 2.19. The Morgan fingerprint density at radius 2 is 1.41 bits per heavy atom. The summed E-state index contributed by atoms with van der Waals surface area (Å²) in [5.41, 5.74) is 1.70. The molecule has 0 heterocycles. The lowest BCUT2D eigenvalue weighted by Gasteiger charge is -2.10. The molecule has 2 rings (SSSR count). The molecule has 4 nitrogen and oxygen atoms in total. The molecule has 0 spiro atoms. The molecule has 0 N–H and O–H groups in total. The number of hydrogen-bond acceptors (Lipinski definition) is 4. The second-order valence-electron chi connectivity index (χ2n) is 4.84. The topological polar surface area (TPSA) is 60.4 Å². The zero-order valence-corrected chi connectivity index (χ0v) is 12.5. The van der Waals surface area contributed by atoms with Crippen LogP contribution in [0.3, 0.4) is 0 Å². The zero-order valence-electron chi connectivity index (χ0n) is 12.5. The lowest BCUT2D eigenvalue weighted by atomic mass is 9.93. The van der Waals surface area contributed by atoms with Gasteiger partial charge in [0.1, 0.15) is 0 Å². The fourth-order valence-corrected chi connectivity index (χ4v) is 2.26. The lowest BCUT2D eigenvalue weighted by Crippen LogP contribution is -2.13. The first kappa shape index (κ1) is 15.6. The fourth-order valence-electron chi connectivity index (χ4n) is 2.26. The summed E-state index contributed by atoms with van der Waals surface area (Å²) in [4.78, 5) is 35.9. The molecule has 0 aliphatic rings. The van der Waals surface area contributed by atoms with E-state index < -0.39 is 5.97 Å². The first-order chi connectivity index (χ1) is 10.5. The Morgan fingerprint density at radius 3 is 2.00 bits per heavy atom. The molecule has 0 bridgehead atoms. The molecular weight excluding hydrogens is 280 g/mol. The summed E-state index contributed by atoms with van der Waals surface area (Å²) in [5.74, 6) is -0.861. The number of methoxy groups -OCH3 is 1. The van der Waals surface area contributed by atoms with Gasteiger partial charge < -0.3 is 4.74 Å². The molecule has 4 heteroatoms. The van der Waals surface area contributed by atoms with Crippen molar-refractivity contribution in [1.82, 2.24) is 0 Å². The molecule has 0 saturated carbocycles. The van der Waals surface area contributed by atoms with Crippen LogP contribution in [0.1, 0.15) is 38.8 Å². The van der Waals surface area contributed by atoms with E-state index in [2.05, 4.69) is 4.74 Å². The molecule has 0 radical (unpaired) electrons. The Balaban J connectivity index is 2.47. The average molecular weight is 296 g/mol. The van der Waals surface area contributed by atoms with Crippen LogP contribution in [0.5, 0.6) is 0 Å². The summed E-state index contributed by atoms with van der Waals surface area (Å²) in [6.45, 7) is 1.42. The van der Waals surface area contributed by atoms with Crippen LogP contribution in [-0.4, -0.2) is 24.6 Å². The number of benzene rings is 2. The van der Waals surface area contributed by atoms with Crippen LogP contribution in [0.15, 0.2) is 48.5 Å². The summed E-state index contributed by atoms with van der Waals surface area (Å²) < 4.78 is 4.65. The van der Waals surface area contributed by atoms with Gasteiger partial charge in [0.05, 0.1) is 13.5 Å². The largest absolute Gasteiger partial charge is 0.469 e. The molecule has 0 aliphatic carbocycles. The number of hydrogen-bond donors (Lipinski definition) is 0. The molecule has 0 atom stereocenters. The van der Waals surface area contributed by atoms with Crippen molar-refractivity contribution in [3.63, 3.8) is 0 Å².